The number of hydrogen-bond acceptors (Lipinski definition) is 9. The molecule has 2 atom stereocenters. The number of carbonyl (C=O) groups excluding carboxylic acids is 2. The number of fused-ring (bicyclic) bond motifs is 5. The highest BCUT2D eigenvalue weighted by Crippen LogP contribution is 2.49. The minimum Gasteiger partial charge on any atom is -0.496 e. The van der Waals surface area contributed by atoms with Crippen LogP contribution in [0.4, 0.5) is 0 Å². The molecule has 0 fully saturated rings. The van der Waals surface area contributed by atoms with Gasteiger partial charge >= 0.3 is 11.9 Å². The quantitative estimate of drug-likeness (QED) is 0.116. The van der Waals surface area contributed by atoms with Gasteiger partial charge < -0.3 is 33.0 Å². The zero-order valence-corrected chi connectivity index (χ0v) is 27.2. The van der Waals surface area contributed by atoms with E-state index in [0.717, 1.165) is 10.8 Å². The van der Waals surface area contributed by atoms with Crippen LogP contribution in [-0.4, -0.2) is 49.5 Å². The molecule has 0 radical (unpaired) electrons. The summed E-state index contributed by atoms with van der Waals surface area (Å²) in [6.07, 6.45) is 0.635. The van der Waals surface area contributed by atoms with Crippen LogP contribution in [0.15, 0.2) is 71.5 Å². The van der Waals surface area contributed by atoms with E-state index < -0.39 is 29.7 Å². The summed E-state index contributed by atoms with van der Waals surface area (Å²) >= 11 is 0. The fourth-order valence-electron chi connectivity index (χ4n) is 6.31. The Labute approximate surface area is 271 Å². The highest BCUT2D eigenvalue weighted by molar-refractivity contribution is 6.04. The Hall–Kier alpha value is -5.51. The van der Waals surface area contributed by atoms with Crippen molar-refractivity contribution < 1.29 is 38.0 Å². The minimum atomic E-state index is -1.16. The van der Waals surface area contributed by atoms with Crippen LogP contribution in [0.3, 0.4) is 0 Å². The van der Waals surface area contributed by atoms with Crippen LogP contribution in [0.25, 0.3) is 38.7 Å². The van der Waals surface area contributed by atoms with Crippen LogP contribution in [0.5, 0.6) is 23.0 Å². The van der Waals surface area contributed by atoms with Gasteiger partial charge in [0.15, 0.2) is 23.7 Å². The monoisotopic (exact) mass is 637 g/mol. The van der Waals surface area contributed by atoms with Gasteiger partial charge in [-0.15, -0.1) is 0 Å². The van der Waals surface area contributed by atoms with Gasteiger partial charge in [-0.2, -0.15) is 0 Å². The first-order chi connectivity index (χ1) is 22.5. The first-order valence-corrected chi connectivity index (χ1v) is 15.0. The van der Waals surface area contributed by atoms with Crippen LogP contribution < -0.4 is 24.4 Å². The third-order valence-electron chi connectivity index (χ3n) is 8.49. The zero-order valence-electron chi connectivity index (χ0n) is 27.2. The molecule has 0 N–H and O–H groups in total. The second-order valence-corrected chi connectivity index (χ2v) is 11.9. The SMILES string of the molecule is COc1ccc(/C=C/C(=O)OC2C(OC(C)=O)c3c(cc(OC)c4c(=O)c5cc6ccccc6cc5n(C)c34)OC2(C)C)cc1OC. The van der Waals surface area contributed by atoms with E-state index in [2.05, 4.69) is 0 Å². The van der Waals surface area contributed by atoms with Crippen molar-refractivity contribution in [3.05, 3.63) is 88.1 Å². The number of ether oxygens (including phenoxy) is 6. The number of nitrogens with zero attached hydrogens (tertiary/aromatic N) is 1. The largest absolute Gasteiger partial charge is 0.496 e. The third-order valence-corrected chi connectivity index (χ3v) is 8.49. The van der Waals surface area contributed by atoms with Gasteiger partial charge in [0.05, 0.1) is 43.3 Å². The van der Waals surface area contributed by atoms with E-state index >= 15 is 0 Å². The van der Waals surface area contributed by atoms with Crippen molar-refractivity contribution in [1.29, 1.82) is 0 Å². The smallest absolute Gasteiger partial charge is 0.331 e. The van der Waals surface area contributed by atoms with Crippen LogP contribution in [-0.2, 0) is 26.1 Å². The van der Waals surface area contributed by atoms with Crippen LogP contribution in [0.1, 0.15) is 38.0 Å². The first-order valence-electron chi connectivity index (χ1n) is 15.0. The fourth-order valence-corrected chi connectivity index (χ4v) is 6.31. The lowest BCUT2D eigenvalue weighted by atomic mass is 9.86. The van der Waals surface area contributed by atoms with E-state index in [4.69, 9.17) is 28.4 Å². The minimum absolute atomic E-state index is 0.253. The molecular formula is C37H35NO9. The molecule has 1 aromatic heterocycles. The summed E-state index contributed by atoms with van der Waals surface area (Å²) in [5.74, 6) is 0.418. The summed E-state index contributed by atoms with van der Waals surface area (Å²) in [7, 11) is 6.38. The first kappa shape index (κ1) is 31.5. The van der Waals surface area contributed by atoms with Crippen molar-refractivity contribution in [2.45, 2.75) is 38.6 Å². The van der Waals surface area contributed by atoms with Crippen molar-refractivity contribution in [2.75, 3.05) is 21.3 Å². The molecule has 0 aliphatic carbocycles. The number of rotatable bonds is 7. The van der Waals surface area contributed by atoms with Crippen molar-refractivity contribution in [3.63, 3.8) is 0 Å². The summed E-state index contributed by atoms with van der Waals surface area (Å²) in [6, 6.07) is 18.4. The standard InChI is InChI=1S/C37H35NO9/c1-20(39)45-35-32-29(47-37(2,3)36(35)46-30(40)15-13-21-12-14-26(42-5)27(16-21)43-6)19-28(44-7)31-33(32)38(4)25-18-23-11-9-8-10-22(23)17-24(25)34(31)41/h8-19,35-36H,1-7H3/b15-13+. The van der Waals surface area contributed by atoms with E-state index in [1.807, 2.05) is 48.0 Å². The summed E-state index contributed by atoms with van der Waals surface area (Å²) < 4.78 is 36.7. The maximum atomic E-state index is 14.2. The van der Waals surface area contributed by atoms with Crippen molar-refractivity contribution in [1.82, 2.24) is 4.57 Å². The summed E-state index contributed by atoms with van der Waals surface area (Å²) in [4.78, 5) is 40.2. The lowest BCUT2D eigenvalue weighted by molar-refractivity contribution is -0.185. The Balaban J connectivity index is 1.51. The van der Waals surface area contributed by atoms with Gasteiger partial charge in [0.1, 0.15) is 17.1 Å². The van der Waals surface area contributed by atoms with E-state index in [1.54, 1.807) is 44.2 Å². The summed E-state index contributed by atoms with van der Waals surface area (Å²) in [6.45, 7) is 4.76. The Morgan fingerprint density at radius 1 is 0.872 bits per heavy atom. The molecular weight excluding hydrogens is 602 g/mol. The average Bonchev–Trinajstić information content (AvgIpc) is 3.05. The number of aryl methyl sites for hydroxylation is 1. The molecule has 10 nitrogen and oxygen atoms in total. The molecule has 1 aliphatic rings. The average molecular weight is 638 g/mol. The van der Waals surface area contributed by atoms with Gasteiger partial charge in [0, 0.05) is 31.5 Å². The van der Waals surface area contributed by atoms with Crippen LogP contribution in [0.2, 0.25) is 0 Å². The summed E-state index contributed by atoms with van der Waals surface area (Å²) in [5.41, 5.74) is 0.756. The Morgan fingerprint density at radius 3 is 2.21 bits per heavy atom. The fraction of sp³-hybridized carbons (Fsp3) is 0.270. The molecule has 242 valence electrons. The van der Waals surface area contributed by atoms with Gasteiger partial charge in [-0.1, -0.05) is 30.3 Å². The van der Waals surface area contributed by atoms with E-state index in [9.17, 15) is 14.4 Å². The highest BCUT2D eigenvalue weighted by atomic mass is 16.6. The predicted octanol–water partition coefficient (Wildman–Crippen LogP) is 6.27. The lowest BCUT2D eigenvalue weighted by Gasteiger charge is -2.43. The molecule has 0 spiro atoms. The maximum Gasteiger partial charge on any atom is 0.331 e. The zero-order chi connectivity index (χ0) is 33.6. The molecule has 0 bridgehead atoms. The second-order valence-electron chi connectivity index (χ2n) is 11.9. The number of esters is 2. The Bertz CT molecular complexity index is 2160. The van der Waals surface area contributed by atoms with Gasteiger partial charge in [-0.25, -0.2) is 4.79 Å². The number of aromatic nitrogens is 1. The molecule has 6 rings (SSSR count). The number of methoxy groups -OCH3 is 3. The molecule has 0 saturated carbocycles. The Morgan fingerprint density at radius 2 is 1.55 bits per heavy atom. The molecule has 47 heavy (non-hydrogen) atoms. The van der Waals surface area contributed by atoms with Crippen molar-refractivity contribution in [3.8, 4) is 23.0 Å². The maximum absolute atomic E-state index is 14.2. The van der Waals surface area contributed by atoms with Gasteiger partial charge in [-0.3, -0.25) is 9.59 Å². The molecule has 5 aromatic rings. The molecule has 0 amide bonds. The number of carbonyl (C=O) groups is 2. The third kappa shape index (κ3) is 5.49. The molecule has 2 heterocycles. The number of benzene rings is 4. The lowest BCUT2D eigenvalue weighted by Crippen LogP contribution is -2.52. The molecule has 4 aromatic carbocycles. The molecule has 0 saturated heterocycles. The molecule has 1 aliphatic heterocycles. The number of hydrogen-bond donors (Lipinski definition) is 0. The van der Waals surface area contributed by atoms with E-state index in [0.29, 0.717) is 50.5 Å². The van der Waals surface area contributed by atoms with Gasteiger partial charge in [0.2, 0.25) is 5.43 Å². The molecule has 2 unspecified atom stereocenters. The van der Waals surface area contributed by atoms with Gasteiger partial charge in [0.25, 0.3) is 0 Å². The topological polar surface area (TPSA) is 112 Å². The van der Waals surface area contributed by atoms with Crippen molar-refractivity contribution >= 4 is 50.6 Å². The number of pyridine rings is 1. The Kier molecular flexibility index (Phi) is 8.05. The van der Waals surface area contributed by atoms with Gasteiger partial charge in [-0.05, 0) is 60.5 Å². The van der Waals surface area contributed by atoms with E-state index in [-0.39, 0.29) is 10.8 Å². The van der Waals surface area contributed by atoms with E-state index in [1.165, 1.54) is 34.3 Å². The predicted molar refractivity (Wildman–Crippen MR) is 178 cm³/mol. The van der Waals surface area contributed by atoms with Crippen LogP contribution in [0, 0.1) is 0 Å². The molecule has 10 heteroatoms. The van der Waals surface area contributed by atoms with Crippen molar-refractivity contribution in [2.24, 2.45) is 7.05 Å². The second kappa shape index (κ2) is 12.0. The summed E-state index contributed by atoms with van der Waals surface area (Å²) in [5, 5.41) is 2.66. The van der Waals surface area contributed by atoms with Crippen LogP contribution >= 0.6 is 0 Å². The normalized spacial score (nSPS) is 16.9. The highest BCUT2D eigenvalue weighted by Gasteiger charge is 2.50.